The molecule has 0 aromatic heterocycles. The Kier molecular flexibility index (Phi) is 5.80. The van der Waals surface area contributed by atoms with Crippen LogP contribution in [0.5, 0.6) is 0 Å². The van der Waals surface area contributed by atoms with Crippen molar-refractivity contribution in [3.8, 4) is 0 Å². The van der Waals surface area contributed by atoms with E-state index >= 15 is 0 Å². The third kappa shape index (κ3) is 4.25. The topological polar surface area (TPSA) is 24.7 Å². The fourth-order valence-electron chi connectivity index (χ4n) is 3.48. The highest BCUT2D eigenvalue weighted by Gasteiger charge is 2.16. The summed E-state index contributed by atoms with van der Waals surface area (Å²) >= 11 is 0. The van der Waals surface area contributed by atoms with Gasteiger partial charge in [0, 0.05) is 0 Å². The molecule has 0 bridgehead atoms. The van der Waals surface area contributed by atoms with Crippen molar-refractivity contribution < 1.29 is 0 Å². The van der Waals surface area contributed by atoms with E-state index in [-0.39, 0.29) is 0 Å². The highest BCUT2D eigenvalue weighted by Crippen LogP contribution is 2.28. The van der Waals surface area contributed by atoms with Gasteiger partial charge in [0.25, 0.3) is 0 Å². The third-order valence-corrected chi connectivity index (χ3v) is 4.86. The van der Waals surface area contributed by atoms with Crippen molar-refractivity contribution >= 4 is 22.8 Å². The van der Waals surface area contributed by atoms with Crippen LogP contribution in [0.2, 0.25) is 0 Å². The predicted octanol–water partition coefficient (Wildman–Crippen LogP) is 6.68. The molecule has 3 rings (SSSR count). The molecule has 0 unspecified atom stereocenters. The molecule has 0 aliphatic heterocycles. The minimum absolute atomic E-state index is 1.03. The summed E-state index contributed by atoms with van der Waals surface area (Å²) in [6, 6.07) is 14.9. The summed E-state index contributed by atoms with van der Waals surface area (Å²) in [6.07, 6.45) is 6.70. The largest absolute Gasteiger partial charge is 0.251 e. The number of para-hydroxylation sites is 2. The average molecular weight is 332 g/mol. The Morgan fingerprint density at radius 1 is 0.800 bits per heavy atom. The van der Waals surface area contributed by atoms with Crippen molar-refractivity contribution in [3.63, 3.8) is 0 Å². The standard InChI is InChI=1S/C23H28N2/c1-4-10-19-13-5-6-14-20(19)24-21-15-7-8-16-22(21)25-23-17(2)11-9-12-18(23)3/h5-6,9,11-14H,4,7-8,10,15-16H2,1-3H3. The number of hydrogen-bond acceptors (Lipinski definition) is 2. The van der Waals surface area contributed by atoms with Crippen molar-refractivity contribution in [2.24, 2.45) is 9.98 Å². The van der Waals surface area contributed by atoms with E-state index < -0.39 is 0 Å². The zero-order valence-electron chi connectivity index (χ0n) is 15.7. The molecular weight excluding hydrogens is 304 g/mol. The number of benzene rings is 2. The molecule has 1 saturated carbocycles. The molecule has 2 heteroatoms. The van der Waals surface area contributed by atoms with Crippen molar-refractivity contribution in [3.05, 3.63) is 59.2 Å². The SMILES string of the molecule is CCCc1ccccc1N=C1CCCCC1=Nc1c(C)cccc1C. The lowest BCUT2D eigenvalue weighted by Gasteiger charge is -2.18. The van der Waals surface area contributed by atoms with Gasteiger partial charge in [-0.3, -0.25) is 9.98 Å². The van der Waals surface area contributed by atoms with E-state index in [9.17, 15) is 0 Å². The number of aliphatic imine (C=N–C) groups is 2. The first kappa shape index (κ1) is 17.6. The monoisotopic (exact) mass is 332 g/mol. The number of rotatable bonds is 4. The van der Waals surface area contributed by atoms with Gasteiger partial charge in [0.15, 0.2) is 0 Å². The maximum atomic E-state index is 5.06. The van der Waals surface area contributed by atoms with Crippen LogP contribution in [0.4, 0.5) is 11.4 Å². The van der Waals surface area contributed by atoms with Crippen molar-refractivity contribution in [2.75, 3.05) is 0 Å². The van der Waals surface area contributed by atoms with Crippen LogP contribution in [0.15, 0.2) is 52.4 Å². The quantitative estimate of drug-likeness (QED) is 0.597. The molecule has 0 amide bonds. The van der Waals surface area contributed by atoms with Gasteiger partial charge < -0.3 is 0 Å². The Bertz CT molecular complexity index is 779. The summed E-state index contributed by atoms with van der Waals surface area (Å²) < 4.78 is 0. The number of nitrogens with zero attached hydrogens (tertiary/aromatic N) is 2. The Balaban J connectivity index is 2.01. The molecule has 1 fully saturated rings. The molecule has 2 aromatic carbocycles. The first-order valence-electron chi connectivity index (χ1n) is 9.48. The van der Waals surface area contributed by atoms with Crippen LogP contribution in [-0.2, 0) is 6.42 Å². The summed E-state index contributed by atoms with van der Waals surface area (Å²) in [5.74, 6) is 0. The molecule has 0 radical (unpaired) electrons. The van der Waals surface area contributed by atoms with E-state index in [4.69, 9.17) is 9.98 Å². The molecule has 130 valence electrons. The molecule has 2 nitrogen and oxygen atoms in total. The van der Waals surface area contributed by atoms with Crippen LogP contribution < -0.4 is 0 Å². The zero-order chi connectivity index (χ0) is 17.6. The van der Waals surface area contributed by atoms with E-state index in [0.717, 1.165) is 37.1 Å². The van der Waals surface area contributed by atoms with Gasteiger partial charge in [-0.25, -0.2) is 0 Å². The lowest BCUT2D eigenvalue weighted by atomic mass is 9.95. The molecule has 1 aliphatic carbocycles. The normalized spacial score (nSPS) is 18.0. The second kappa shape index (κ2) is 8.24. The third-order valence-electron chi connectivity index (χ3n) is 4.86. The fourth-order valence-corrected chi connectivity index (χ4v) is 3.48. The Hall–Kier alpha value is -2.22. The second-order valence-corrected chi connectivity index (χ2v) is 6.94. The van der Waals surface area contributed by atoms with Gasteiger partial charge in [0.05, 0.1) is 22.8 Å². The Morgan fingerprint density at radius 2 is 1.44 bits per heavy atom. The zero-order valence-corrected chi connectivity index (χ0v) is 15.7. The van der Waals surface area contributed by atoms with Crippen LogP contribution in [-0.4, -0.2) is 11.4 Å². The smallest absolute Gasteiger partial charge is 0.0692 e. The Morgan fingerprint density at radius 3 is 2.12 bits per heavy atom. The maximum Gasteiger partial charge on any atom is 0.0692 e. The molecule has 25 heavy (non-hydrogen) atoms. The molecular formula is C23H28N2. The molecule has 0 spiro atoms. The fraction of sp³-hybridized carbons (Fsp3) is 0.391. The molecule has 0 saturated heterocycles. The van der Waals surface area contributed by atoms with Gasteiger partial charge in [0.1, 0.15) is 0 Å². The van der Waals surface area contributed by atoms with Crippen LogP contribution in [0, 0.1) is 13.8 Å². The summed E-state index contributed by atoms with van der Waals surface area (Å²) in [5.41, 5.74) is 8.42. The van der Waals surface area contributed by atoms with Gasteiger partial charge in [-0.1, -0.05) is 49.7 Å². The van der Waals surface area contributed by atoms with Crippen LogP contribution in [0.25, 0.3) is 0 Å². The van der Waals surface area contributed by atoms with Crippen LogP contribution in [0.3, 0.4) is 0 Å². The lowest BCUT2D eigenvalue weighted by Crippen LogP contribution is -2.19. The van der Waals surface area contributed by atoms with Crippen LogP contribution >= 0.6 is 0 Å². The summed E-state index contributed by atoms with van der Waals surface area (Å²) in [6.45, 7) is 6.50. The number of aryl methyl sites for hydroxylation is 3. The van der Waals surface area contributed by atoms with Gasteiger partial charge >= 0.3 is 0 Å². The summed E-state index contributed by atoms with van der Waals surface area (Å²) in [7, 11) is 0. The first-order valence-corrected chi connectivity index (χ1v) is 9.48. The maximum absolute atomic E-state index is 5.06. The Labute approximate surface area is 151 Å². The van der Waals surface area contributed by atoms with Crippen molar-refractivity contribution in [2.45, 2.75) is 59.3 Å². The number of hydrogen-bond donors (Lipinski definition) is 0. The minimum Gasteiger partial charge on any atom is -0.251 e. The summed E-state index contributed by atoms with van der Waals surface area (Å²) in [5, 5.41) is 0. The highest BCUT2D eigenvalue weighted by atomic mass is 14.8. The van der Waals surface area contributed by atoms with E-state index in [0.29, 0.717) is 0 Å². The van der Waals surface area contributed by atoms with Crippen molar-refractivity contribution in [1.82, 2.24) is 0 Å². The van der Waals surface area contributed by atoms with E-state index in [1.54, 1.807) is 0 Å². The van der Waals surface area contributed by atoms with E-state index in [2.05, 4.69) is 63.2 Å². The van der Waals surface area contributed by atoms with Gasteiger partial charge in [0.2, 0.25) is 0 Å². The van der Waals surface area contributed by atoms with Gasteiger partial charge in [-0.15, -0.1) is 0 Å². The average Bonchev–Trinajstić information content (AvgIpc) is 2.61. The molecule has 2 aromatic rings. The van der Waals surface area contributed by atoms with Crippen LogP contribution in [0.1, 0.15) is 55.7 Å². The molecule has 0 atom stereocenters. The van der Waals surface area contributed by atoms with E-state index in [1.165, 1.54) is 41.0 Å². The van der Waals surface area contributed by atoms with E-state index in [1.807, 2.05) is 0 Å². The molecule has 0 N–H and O–H groups in total. The van der Waals surface area contributed by atoms with Gasteiger partial charge in [-0.05, 0) is 68.7 Å². The lowest BCUT2D eigenvalue weighted by molar-refractivity contribution is 0.776. The summed E-state index contributed by atoms with van der Waals surface area (Å²) in [4.78, 5) is 10.1. The first-order chi connectivity index (χ1) is 12.2. The molecule has 0 heterocycles. The highest BCUT2D eigenvalue weighted by molar-refractivity contribution is 6.43. The predicted molar refractivity (Wildman–Crippen MR) is 109 cm³/mol. The van der Waals surface area contributed by atoms with Gasteiger partial charge in [-0.2, -0.15) is 0 Å². The second-order valence-electron chi connectivity index (χ2n) is 6.94. The minimum atomic E-state index is 1.03. The molecule has 1 aliphatic rings. The van der Waals surface area contributed by atoms with Crippen molar-refractivity contribution in [1.29, 1.82) is 0 Å².